The minimum Gasteiger partial charge on any atom is -0.493 e. The number of likely N-dealkylation sites (N-methyl/N-ethyl adjacent to an activating group) is 1. The van der Waals surface area contributed by atoms with Crippen molar-refractivity contribution in [2.24, 2.45) is 0 Å². The molecule has 0 aliphatic heterocycles. The summed E-state index contributed by atoms with van der Waals surface area (Å²) in [6.07, 6.45) is 1.71. The molecule has 0 fully saturated rings. The first-order chi connectivity index (χ1) is 9.58. The van der Waals surface area contributed by atoms with Gasteiger partial charge in [0.05, 0.1) is 11.6 Å². The van der Waals surface area contributed by atoms with Gasteiger partial charge >= 0.3 is 0 Å². The van der Waals surface area contributed by atoms with Crippen molar-refractivity contribution in [2.75, 3.05) is 40.9 Å². The fourth-order valence-corrected chi connectivity index (χ4v) is 2.30. The molecule has 0 heterocycles. The minimum atomic E-state index is 0. The second kappa shape index (κ2) is 13.0. The molecule has 0 aromatic heterocycles. The van der Waals surface area contributed by atoms with E-state index in [1.54, 1.807) is 13.2 Å². The van der Waals surface area contributed by atoms with Gasteiger partial charge < -0.3 is 19.7 Å². The van der Waals surface area contributed by atoms with Crippen molar-refractivity contribution in [3.05, 3.63) is 34.8 Å². The molecule has 0 unspecified atom stereocenters. The third kappa shape index (κ3) is 8.25. The third-order valence-electron chi connectivity index (χ3n) is 2.70. The Kier molecular flexibility index (Phi) is 14.1. The van der Waals surface area contributed by atoms with Crippen LogP contribution in [0.25, 0.3) is 0 Å². The molecule has 0 atom stereocenters. The average molecular weight is 416 g/mol. The van der Waals surface area contributed by atoms with Crippen LogP contribution >= 0.6 is 40.7 Å². The number of ether oxygens (including phenoxy) is 2. The fourth-order valence-electron chi connectivity index (χ4n) is 1.69. The number of nitrogens with one attached hydrogen (secondary N) is 1. The van der Waals surface area contributed by atoms with Crippen LogP contribution in [0.15, 0.2) is 29.3 Å². The molecule has 1 aromatic rings. The molecule has 0 aliphatic rings. The minimum absolute atomic E-state index is 0. The van der Waals surface area contributed by atoms with Crippen molar-refractivity contribution in [3.8, 4) is 11.5 Å². The monoisotopic (exact) mass is 414 g/mol. The van der Waals surface area contributed by atoms with Gasteiger partial charge in [0, 0.05) is 19.6 Å². The highest BCUT2D eigenvalue weighted by molar-refractivity contribution is 9.10. The lowest BCUT2D eigenvalue weighted by Gasteiger charge is -2.14. The molecule has 1 aromatic carbocycles. The summed E-state index contributed by atoms with van der Waals surface area (Å²) in [5.41, 5.74) is 1.15. The number of hydrogen-bond donors (Lipinski definition) is 1. The van der Waals surface area contributed by atoms with Gasteiger partial charge in [-0.2, -0.15) is 0 Å². The first kappa shape index (κ1) is 23.8. The molecule has 4 nitrogen and oxygen atoms in total. The normalized spacial score (nSPS) is 9.68. The second-order valence-corrected chi connectivity index (χ2v) is 5.54. The van der Waals surface area contributed by atoms with E-state index in [0.29, 0.717) is 12.4 Å². The van der Waals surface area contributed by atoms with Crippen LogP contribution in [0, 0.1) is 0 Å². The summed E-state index contributed by atoms with van der Waals surface area (Å²) >= 11 is 3.53. The maximum atomic E-state index is 5.60. The topological polar surface area (TPSA) is 33.7 Å². The highest BCUT2D eigenvalue weighted by atomic mass is 79.9. The Morgan fingerprint density at radius 3 is 2.55 bits per heavy atom. The molecule has 0 radical (unpaired) electrons. The van der Waals surface area contributed by atoms with E-state index in [9.17, 15) is 0 Å². The Morgan fingerprint density at radius 1 is 1.32 bits per heavy atom. The molecular formula is C15H25BrCl2N2O2. The van der Waals surface area contributed by atoms with E-state index < -0.39 is 0 Å². The zero-order valence-electron chi connectivity index (χ0n) is 13.2. The van der Waals surface area contributed by atoms with Crippen LogP contribution in [-0.2, 0) is 6.54 Å². The molecule has 0 spiro atoms. The molecule has 0 saturated carbocycles. The van der Waals surface area contributed by atoms with Gasteiger partial charge in [-0.1, -0.05) is 12.7 Å². The predicted molar refractivity (Wildman–Crippen MR) is 101 cm³/mol. The molecule has 1 rings (SSSR count). The van der Waals surface area contributed by atoms with Gasteiger partial charge in [-0.05, 0) is 47.7 Å². The quantitative estimate of drug-likeness (QED) is 0.494. The molecule has 0 bridgehead atoms. The smallest absolute Gasteiger partial charge is 0.175 e. The van der Waals surface area contributed by atoms with Crippen LogP contribution < -0.4 is 14.8 Å². The number of rotatable bonds is 9. The molecule has 0 saturated heterocycles. The van der Waals surface area contributed by atoms with Gasteiger partial charge in [-0.25, -0.2) is 0 Å². The number of benzene rings is 1. The SMILES string of the molecule is C=CCOc1c(Br)cc(CNCCN(C)C)cc1OC.Cl.Cl. The van der Waals surface area contributed by atoms with E-state index in [-0.39, 0.29) is 24.8 Å². The predicted octanol–water partition coefficient (Wildman–Crippen LogP) is 3.52. The Labute approximate surface area is 154 Å². The van der Waals surface area contributed by atoms with Gasteiger partial charge in [0.2, 0.25) is 0 Å². The summed E-state index contributed by atoms with van der Waals surface area (Å²) in [5, 5.41) is 3.40. The summed E-state index contributed by atoms with van der Waals surface area (Å²) < 4.78 is 11.9. The summed E-state index contributed by atoms with van der Waals surface area (Å²) in [6, 6.07) is 4.04. The average Bonchev–Trinajstić information content (AvgIpc) is 2.41. The molecule has 1 N–H and O–H groups in total. The zero-order chi connectivity index (χ0) is 15.0. The zero-order valence-corrected chi connectivity index (χ0v) is 16.4. The van der Waals surface area contributed by atoms with Crippen molar-refractivity contribution in [3.63, 3.8) is 0 Å². The number of nitrogens with zero attached hydrogens (tertiary/aromatic N) is 1. The number of halogens is 3. The van der Waals surface area contributed by atoms with Crippen molar-refractivity contribution in [2.45, 2.75) is 6.54 Å². The van der Waals surface area contributed by atoms with E-state index in [1.807, 2.05) is 12.1 Å². The fraction of sp³-hybridized carbons (Fsp3) is 0.467. The van der Waals surface area contributed by atoms with Crippen molar-refractivity contribution in [1.82, 2.24) is 10.2 Å². The first-order valence-electron chi connectivity index (χ1n) is 6.54. The molecular weight excluding hydrogens is 391 g/mol. The van der Waals surface area contributed by atoms with E-state index in [4.69, 9.17) is 9.47 Å². The van der Waals surface area contributed by atoms with Gasteiger partial charge in [-0.3, -0.25) is 0 Å². The van der Waals surface area contributed by atoms with Crippen LogP contribution in [0.5, 0.6) is 11.5 Å². The summed E-state index contributed by atoms with van der Waals surface area (Å²) in [6.45, 7) is 6.86. The lowest BCUT2D eigenvalue weighted by Crippen LogP contribution is -2.26. The van der Waals surface area contributed by atoms with Crippen LogP contribution in [0.3, 0.4) is 0 Å². The molecule has 0 aliphatic carbocycles. The van der Waals surface area contributed by atoms with Gasteiger partial charge in [0.25, 0.3) is 0 Å². The Hall–Kier alpha value is -0.460. The van der Waals surface area contributed by atoms with E-state index >= 15 is 0 Å². The maximum absolute atomic E-state index is 5.60. The van der Waals surface area contributed by atoms with Gasteiger partial charge in [0.1, 0.15) is 6.61 Å². The van der Waals surface area contributed by atoms with Crippen molar-refractivity contribution >= 4 is 40.7 Å². The van der Waals surface area contributed by atoms with Crippen molar-refractivity contribution in [1.29, 1.82) is 0 Å². The molecule has 22 heavy (non-hydrogen) atoms. The Balaban J connectivity index is 0. The summed E-state index contributed by atoms with van der Waals surface area (Å²) in [4.78, 5) is 2.15. The number of methoxy groups -OCH3 is 1. The largest absolute Gasteiger partial charge is 0.493 e. The third-order valence-corrected chi connectivity index (χ3v) is 3.29. The highest BCUT2D eigenvalue weighted by Crippen LogP contribution is 2.36. The van der Waals surface area contributed by atoms with Crippen LogP contribution in [0.1, 0.15) is 5.56 Å². The van der Waals surface area contributed by atoms with Gasteiger partial charge in [0.15, 0.2) is 11.5 Å². The summed E-state index contributed by atoms with van der Waals surface area (Å²) in [7, 11) is 5.77. The lowest BCUT2D eigenvalue weighted by molar-refractivity contribution is 0.324. The molecule has 7 heteroatoms. The Morgan fingerprint density at radius 2 is 2.00 bits per heavy atom. The van der Waals surface area contributed by atoms with E-state index in [2.05, 4.69) is 46.8 Å². The van der Waals surface area contributed by atoms with Crippen molar-refractivity contribution < 1.29 is 9.47 Å². The standard InChI is InChI=1S/C15H23BrN2O2.2ClH/c1-5-8-20-15-13(16)9-12(10-14(15)19-4)11-17-6-7-18(2)3;;/h5,9-10,17H,1,6-8,11H2,2-4H3;2*1H. The summed E-state index contributed by atoms with van der Waals surface area (Å²) in [5.74, 6) is 1.44. The second-order valence-electron chi connectivity index (χ2n) is 4.69. The number of hydrogen-bond acceptors (Lipinski definition) is 4. The lowest BCUT2D eigenvalue weighted by atomic mass is 10.2. The molecule has 0 amide bonds. The van der Waals surface area contributed by atoms with Crippen LogP contribution in [0.2, 0.25) is 0 Å². The Bertz CT molecular complexity index is 446. The molecule has 128 valence electrons. The van der Waals surface area contributed by atoms with E-state index in [0.717, 1.165) is 35.4 Å². The van der Waals surface area contributed by atoms with Crippen LogP contribution in [-0.4, -0.2) is 45.8 Å². The van der Waals surface area contributed by atoms with E-state index in [1.165, 1.54) is 0 Å². The highest BCUT2D eigenvalue weighted by Gasteiger charge is 2.11. The van der Waals surface area contributed by atoms with Gasteiger partial charge in [-0.15, -0.1) is 24.8 Å². The first-order valence-corrected chi connectivity index (χ1v) is 7.33. The van der Waals surface area contributed by atoms with Crippen LogP contribution in [0.4, 0.5) is 0 Å². The maximum Gasteiger partial charge on any atom is 0.175 e.